The predicted molar refractivity (Wildman–Crippen MR) is 149 cm³/mol. The van der Waals surface area contributed by atoms with Crippen LogP contribution in [0, 0.1) is 11.8 Å². The van der Waals surface area contributed by atoms with E-state index in [9.17, 15) is 14.4 Å². The molecule has 0 atom stereocenters. The van der Waals surface area contributed by atoms with Gasteiger partial charge in [-0.1, -0.05) is 51.9 Å². The van der Waals surface area contributed by atoms with Crippen molar-refractivity contribution in [2.75, 3.05) is 25.0 Å². The monoisotopic (exact) mass is 512 g/mol. The molecule has 3 amide bonds. The van der Waals surface area contributed by atoms with Crippen molar-refractivity contribution >= 4 is 23.4 Å². The van der Waals surface area contributed by atoms with Gasteiger partial charge in [-0.3, -0.25) is 14.4 Å². The Morgan fingerprint density at radius 3 is 1.92 bits per heavy atom. The molecule has 0 bridgehead atoms. The third-order valence-electron chi connectivity index (χ3n) is 8.44. The number of primary amides is 1. The Morgan fingerprint density at radius 2 is 1.43 bits per heavy atom. The normalized spacial score (nSPS) is 17.4. The lowest BCUT2D eigenvalue weighted by Gasteiger charge is -2.53. The van der Waals surface area contributed by atoms with Gasteiger partial charge in [0, 0.05) is 24.7 Å². The van der Waals surface area contributed by atoms with Gasteiger partial charge in [0.15, 0.2) is 0 Å². The lowest BCUT2D eigenvalue weighted by Crippen LogP contribution is -2.68. The molecule has 2 fully saturated rings. The summed E-state index contributed by atoms with van der Waals surface area (Å²) in [4.78, 5) is 41.4. The number of nitrogens with zero attached hydrogens (tertiary/aromatic N) is 1. The molecule has 206 valence electrons. The van der Waals surface area contributed by atoms with Crippen molar-refractivity contribution in [3.05, 3.63) is 29.8 Å². The number of rotatable bonds is 13. The fourth-order valence-corrected chi connectivity index (χ4v) is 6.69. The predicted octanol–water partition coefficient (Wildman–Crippen LogP) is 5.25. The van der Waals surface area contributed by atoms with Gasteiger partial charge in [0.25, 0.3) is 5.91 Å². The third kappa shape index (κ3) is 7.34. The van der Waals surface area contributed by atoms with Crippen LogP contribution >= 0.6 is 0 Å². The lowest BCUT2D eigenvalue weighted by molar-refractivity contribution is -0.140. The number of nitrogens with two attached hydrogens (primary N) is 1. The molecule has 7 nitrogen and oxygen atoms in total. The van der Waals surface area contributed by atoms with E-state index in [2.05, 4.69) is 17.6 Å². The van der Waals surface area contributed by atoms with Crippen molar-refractivity contribution in [1.29, 1.82) is 0 Å². The Morgan fingerprint density at radius 1 is 0.892 bits per heavy atom. The number of nitrogens with one attached hydrogen (secondary N) is 2. The molecular formula is C30H48N4O3. The standard InChI is InChI=1S/C30H48N4O3/c1-3-4-20-32-21-11-22-34(28(36)24-16-18-27(19-17-24)33-23(2)35)30(29(31)37,25-12-7-5-8-13-25)26-14-9-6-10-15-26/h16-19,25-26,32H,3-15,20-22H2,1-2H3,(H2,31,37)(H,33,35). The molecular weight excluding hydrogens is 464 g/mol. The molecule has 7 heteroatoms. The van der Waals surface area contributed by atoms with E-state index in [1.165, 1.54) is 19.8 Å². The summed E-state index contributed by atoms with van der Waals surface area (Å²) in [6, 6.07) is 7.03. The van der Waals surface area contributed by atoms with Gasteiger partial charge in [-0.2, -0.15) is 0 Å². The van der Waals surface area contributed by atoms with Crippen LogP contribution in [0.4, 0.5) is 5.69 Å². The maximum Gasteiger partial charge on any atom is 0.254 e. The second-order valence-electron chi connectivity index (χ2n) is 11.0. The van der Waals surface area contributed by atoms with Gasteiger partial charge in [-0.15, -0.1) is 0 Å². The zero-order valence-electron chi connectivity index (χ0n) is 23.0. The van der Waals surface area contributed by atoms with Gasteiger partial charge in [0.1, 0.15) is 5.54 Å². The first-order valence-electron chi connectivity index (χ1n) is 14.6. The molecule has 3 rings (SSSR count). The highest BCUT2D eigenvalue weighted by Crippen LogP contribution is 2.47. The van der Waals surface area contributed by atoms with Gasteiger partial charge in [0.05, 0.1) is 0 Å². The average Bonchev–Trinajstić information content (AvgIpc) is 2.90. The van der Waals surface area contributed by atoms with Gasteiger partial charge in [-0.25, -0.2) is 0 Å². The maximum absolute atomic E-state index is 14.3. The highest BCUT2D eigenvalue weighted by Gasteiger charge is 2.55. The summed E-state index contributed by atoms with van der Waals surface area (Å²) in [6.07, 6.45) is 13.5. The minimum Gasteiger partial charge on any atom is -0.368 e. The van der Waals surface area contributed by atoms with Crippen LogP contribution < -0.4 is 16.4 Å². The van der Waals surface area contributed by atoms with E-state index < -0.39 is 5.54 Å². The zero-order valence-corrected chi connectivity index (χ0v) is 23.0. The Balaban J connectivity index is 1.98. The van der Waals surface area contributed by atoms with Crippen LogP contribution in [-0.4, -0.2) is 47.8 Å². The maximum atomic E-state index is 14.3. The van der Waals surface area contributed by atoms with Crippen molar-refractivity contribution in [3.8, 4) is 0 Å². The van der Waals surface area contributed by atoms with Crippen molar-refractivity contribution < 1.29 is 14.4 Å². The molecule has 4 N–H and O–H groups in total. The van der Waals surface area contributed by atoms with E-state index in [0.29, 0.717) is 17.8 Å². The largest absolute Gasteiger partial charge is 0.368 e. The summed E-state index contributed by atoms with van der Waals surface area (Å²) in [5.74, 6) is -0.417. The van der Waals surface area contributed by atoms with Crippen molar-refractivity contribution in [2.24, 2.45) is 17.6 Å². The average molecular weight is 513 g/mol. The first-order valence-corrected chi connectivity index (χ1v) is 14.6. The second-order valence-corrected chi connectivity index (χ2v) is 11.0. The molecule has 0 radical (unpaired) electrons. The van der Waals surface area contributed by atoms with Crippen molar-refractivity contribution in [2.45, 2.75) is 103 Å². The Hall–Kier alpha value is -2.41. The highest BCUT2D eigenvalue weighted by atomic mass is 16.2. The van der Waals surface area contributed by atoms with Crippen LogP contribution in [0.3, 0.4) is 0 Å². The van der Waals surface area contributed by atoms with Gasteiger partial charge >= 0.3 is 0 Å². The van der Waals surface area contributed by atoms with Gasteiger partial charge in [-0.05, 0) is 87.7 Å². The first kappa shape index (κ1) is 29.2. The fourth-order valence-electron chi connectivity index (χ4n) is 6.69. The van der Waals surface area contributed by atoms with Crippen LogP contribution in [0.1, 0.15) is 108 Å². The molecule has 2 aliphatic rings. The SMILES string of the molecule is CCCCNCCCN(C(=O)c1ccc(NC(C)=O)cc1)C(C(N)=O)(C1CCCCC1)C1CCCCC1. The number of carbonyl (C=O) groups is 3. The summed E-state index contributed by atoms with van der Waals surface area (Å²) in [6.45, 7) is 5.90. The summed E-state index contributed by atoms with van der Waals surface area (Å²) < 4.78 is 0. The third-order valence-corrected chi connectivity index (χ3v) is 8.44. The van der Waals surface area contributed by atoms with Crippen molar-refractivity contribution in [1.82, 2.24) is 10.2 Å². The Kier molecular flexibility index (Phi) is 11.4. The molecule has 1 aromatic carbocycles. The van der Waals surface area contributed by atoms with E-state index in [0.717, 1.165) is 83.7 Å². The minimum absolute atomic E-state index is 0.0949. The van der Waals surface area contributed by atoms with Crippen molar-refractivity contribution in [3.63, 3.8) is 0 Å². The zero-order chi connectivity index (χ0) is 26.7. The molecule has 2 aliphatic carbocycles. The number of hydrogen-bond acceptors (Lipinski definition) is 4. The molecule has 0 saturated heterocycles. The molecule has 2 saturated carbocycles. The van der Waals surface area contributed by atoms with E-state index in [1.54, 1.807) is 24.3 Å². The summed E-state index contributed by atoms with van der Waals surface area (Å²) in [7, 11) is 0. The first-order chi connectivity index (χ1) is 17.9. The number of unbranched alkanes of at least 4 members (excludes halogenated alkanes) is 1. The number of anilines is 1. The van der Waals surface area contributed by atoms with E-state index in [4.69, 9.17) is 5.73 Å². The Bertz CT molecular complexity index is 855. The summed E-state index contributed by atoms with van der Waals surface area (Å²) in [5.41, 5.74) is 6.62. The number of carbonyl (C=O) groups excluding carboxylic acids is 3. The minimum atomic E-state index is -0.961. The lowest BCUT2D eigenvalue weighted by atomic mass is 9.62. The molecule has 0 aromatic heterocycles. The number of amides is 3. The smallest absolute Gasteiger partial charge is 0.254 e. The van der Waals surface area contributed by atoms with E-state index >= 15 is 0 Å². The molecule has 1 aromatic rings. The van der Waals surface area contributed by atoms with E-state index in [1.807, 2.05) is 4.90 Å². The van der Waals surface area contributed by atoms with Gasteiger partial charge in [0.2, 0.25) is 11.8 Å². The molecule has 0 unspecified atom stereocenters. The molecule has 0 spiro atoms. The topological polar surface area (TPSA) is 105 Å². The number of benzene rings is 1. The number of hydrogen-bond donors (Lipinski definition) is 3. The van der Waals surface area contributed by atoms with Crippen LogP contribution in [0.25, 0.3) is 0 Å². The Labute approximate surface area is 223 Å². The van der Waals surface area contributed by atoms with Crippen LogP contribution in [0.15, 0.2) is 24.3 Å². The van der Waals surface area contributed by atoms with E-state index in [-0.39, 0.29) is 29.6 Å². The summed E-state index contributed by atoms with van der Waals surface area (Å²) >= 11 is 0. The quantitative estimate of drug-likeness (QED) is 0.314. The van der Waals surface area contributed by atoms with Crippen LogP contribution in [0.5, 0.6) is 0 Å². The fraction of sp³-hybridized carbons (Fsp3) is 0.700. The second kappa shape index (κ2) is 14.5. The molecule has 0 heterocycles. The summed E-state index contributed by atoms with van der Waals surface area (Å²) in [5, 5.41) is 6.26. The van der Waals surface area contributed by atoms with Crippen LogP contribution in [0.2, 0.25) is 0 Å². The molecule has 37 heavy (non-hydrogen) atoms. The molecule has 0 aliphatic heterocycles. The highest BCUT2D eigenvalue weighted by molar-refractivity contribution is 6.00. The van der Waals surface area contributed by atoms with Crippen LogP contribution in [-0.2, 0) is 9.59 Å². The van der Waals surface area contributed by atoms with Gasteiger partial charge < -0.3 is 21.3 Å².